The summed E-state index contributed by atoms with van der Waals surface area (Å²) in [6.45, 7) is 8.67. The second kappa shape index (κ2) is 9.07. The third kappa shape index (κ3) is 6.71. The van der Waals surface area contributed by atoms with Crippen LogP contribution in [0, 0.1) is 5.92 Å². The highest BCUT2D eigenvalue weighted by atomic mass is 16.3. The first-order valence-corrected chi connectivity index (χ1v) is 7.05. The molecule has 0 aromatic carbocycles. The average Bonchev–Trinajstić information content (AvgIpc) is 2.39. The minimum Gasteiger partial charge on any atom is -0.395 e. The molecular formula is C14H27N3O2. The number of rotatable bonds is 8. The van der Waals surface area contributed by atoms with E-state index < -0.39 is 0 Å². The van der Waals surface area contributed by atoms with Crippen molar-refractivity contribution in [3.8, 4) is 0 Å². The number of aliphatic hydroxyl groups excluding tert-OH is 1. The van der Waals surface area contributed by atoms with Crippen LogP contribution in [0.3, 0.4) is 0 Å². The molecule has 0 saturated carbocycles. The molecule has 1 aliphatic rings. The second-order valence-corrected chi connectivity index (χ2v) is 5.30. The molecule has 1 heterocycles. The maximum Gasteiger partial charge on any atom is 0.234 e. The van der Waals surface area contributed by atoms with Gasteiger partial charge in [0.25, 0.3) is 0 Å². The van der Waals surface area contributed by atoms with Gasteiger partial charge < -0.3 is 15.3 Å². The number of amides is 1. The molecule has 2 N–H and O–H groups in total. The van der Waals surface area contributed by atoms with E-state index in [1.165, 1.54) is 0 Å². The van der Waals surface area contributed by atoms with Crippen molar-refractivity contribution >= 4 is 5.91 Å². The van der Waals surface area contributed by atoms with Crippen LogP contribution in [-0.4, -0.2) is 73.7 Å². The first kappa shape index (κ1) is 16.1. The Kier molecular flexibility index (Phi) is 7.70. The molecule has 0 unspecified atom stereocenters. The van der Waals surface area contributed by atoms with E-state index in [2.05, 4.69) is 21.7 Å². The highest BCUT2D eigenvalue weighted by molar-refractivity contribution is 5.78. The van der Waals surface area contributed by atoms with Crippen LogP contribution in [0.5, 0.6) is 0 Å². The van der Waals surface area contributed by atoms with Gasteiger partial charge in [-0.25, -0.2) is 0 Å². The fourth-order valence-corrected chi connectivity index (χ4v) is 2.53. The van der Waals surface area contributed by atoms with Crippen LogP contribution < -0.4 is 5.32 Å². The fourth-order valence-electron chi connectivity index (χ4n) is 2.53. The molecule has 1 rings (SSSR count). The van der Waals surface area contributed by atoms with Crippen molar-refractivity contribution in [1.82, 2.24) is 15.1 Å². The van der Waals surface area contributed by atoms with E-state index >= 15 is 0 Å². The number of carbonyl (C=O) groups is 1. The van der Waals surface area contributed by atoms with Crippen molar-refractivity contribution in [3.63, 3.8) is 0 Å². The number of likely N-dealkylation sites (tertiary alicyclic amines) is 1. The summed E-state index contributed by atoms with van der Waals surface area (Å²) < 4.78 is 0. The van der Waals surface area contributed by atoms with Crippen LogP contribution in [0.25, 0.3) is 0 Å². The summed E-state index contributed by atoms with van der Waals surface area (Å²) in [6, 6.07) is 0. The van der Waals surface area contributed by atoms with Gasteiger partial charge in [0.1, 0.15) is 0 Å². The Morgan fingerprint density at radius 1 is 1.53 bits per heavy atom. The van der Waals surface area contributed by atoms with Crippen molar-refractivity contribution in [2.75, 3.05) is 52.9 Å². The largest absolute Gasteiger partial charge is 0.395 e. The lowest BCUT2D eigenvalue weighted by molar-refractivity contribution is -0.121. The van der Waals surface area contributed by atoms with E-state index in [1.807, 2.05) is 7.05 Å². The standard InChI is InChI=1S/C14H27N3O2/c1-3-6-15-14(19)12-16(2)11-13-4-7-17(8-5-13)9-10-18/h3,13,18H,1,4-12H2,2H3,(H,15,19). The fraction of sp³-hybridized carbons (Fsp3) is 0.786. The molecule has 110 valence electrons. The molecule has 1 fully saturated rings. The highest BCUT2D eigenvalue weighted by Crippen LogP contribution is 2.17. The SMILES string of the molecule is C=CCNC(=O)CN(C)CC1CCN(CCO)CC1. The van der Waals surface area contributed by atoms with Crippen molar-refractivity contribution in [3.05, 3.63) is 12.7 Å². The second-order valence-electron chi connectivity index (χ2n) is 5.30. The monoisotopic (exact) mass is 269 g/mol. The van der Waals surface area contributed by atoms with Crippen LogP contribution in [0.4, 0.5) is 0 Å². The van der Waals surface area contributed by atoms with Gasteiger partial charge in [0, 0.05) is 19.6 Å². The lowest BCUT2D eigenvalue weighted by Crippen LogP contribution is -2.41. The number of hydrogen-bond donors (Lipinski definition) is 2. The van der Waals surface area contributed by atoms with Gasteiger partial charge in [0.2, 0.25) is 5.91 Å². The van der Waals surface area contributed by atoms with Gasteiger partial charge in [-0.1, -0.05) is 6.08 Å². The molecule has 1 saturated heterocycles. The number of carbonyl (C=O) groups excluding carboxylic acids is 1. The number of β-amino-alcohol motifs (C(OH)–C–C–N with tert-alkyl or cyclic N) is 1. The van der Waals surface area contributed by atoms with E-state index in [0.717, 1.165) is 39.0 Å². The third-order valence-electron chi connectivity index (χ3n) is 3.55. The van der Waals surface area contributed by atoms with Gasteiger partial charge in [-0.15, -0.1) is 6.58 Å². The summed E-state index contributed by atoms with van der Waals surface area (Å²) in [4.78, 5) is 15.9. The van der Waals surface area contributed by atoms with Crippen LogP contribution in [0.15, 0.2) is 12.7 Å². The molecule has 0 radical (unpaired) electrons. The maximum absolute atomic E-state index is 11.6. The Hall–Kier alpha value is -0.910. The number of piperidine rings is 1. The van der Waals surface area contributed by atoms with Crippen LogP contribution in [0.1, 0.15) is 12.8 Å². The molecule has 1 amide bonds. The van der Waals surface area contributed by atoms with Gasteiger partial charge in [-0.05, 0) is 38.9 Å². The molecule has 0 spiro atoms. The molecule has 5 nitrogen and oxygen atoms in total. The minimum atomic E-state index is 0.0557. The van der Waals surface area contributed by atoms with E-state index in [1.54, 1.807) is 6.08 Å². The molecule has 19 heavy (non-hydrogen) atoms. The number of likely N-dealkylation sites (N-methyl/N-ethyl adjacent to an activating group) is 1. The molecule has 0 aromatic heterocycles. The van der Waals surface area contributed by atoms with Crippen molar-refractivity contribution in [2.24, 2.45) is 5.92 Å². The minimum absolute atomic E-state index is 0.0557. The first-order chi connectivity index (χ1) is 9.15. The third-order valence-corrected chi connectivity index (χ3v) is 3.55. The van der Waals surface area contributed by atoms with Gasteiger partial charge in [-0.3, -0.25) is 9.69 Å². The van der Waals surface area contributed by atoms with Crippen molar-refractivity contribution in [2.45, 2.75) is 12.8 Å². The average molecular weight is 269 g/mol. The summed E-state index contributed by atoms with van der Waals surface area (Å²) in [5, 5.41) is 11.7. The summed E-state index contributed by atoms with van der Waals surface area (Å²) in [5.41, 5.74) is 0. The van der Waals surface area contributed by atoms with Crippen LogP contribution in [0.2, 0.25) is 0 Å². The van der Waals surface area contributed by atoms with E-state index in [0.29, 0.717) is 19.0 Å². The molecule has 0 aliphatic carbocycles. The number of nitrogens with zero attached hydrogens (tertiary/aromatic N) is 2. The Bertz CT molecular complexity index is 276. The molecule has 0 atom stereocenters. The van der Waals surface area contributed by atoms with Crippen molar-refractivity contribution in [1.29, 1.82) is 0 Å². The molecule has 5 heteroatoms. The van der Waals surface area contributed by atoms with E-state index in [9.17, 15) is 4.79 Å². The molecule has 0 aromatic rings. The first-order valence-electron chi connectivity index (χ1n) is 7.05. The van der Waals surface area contributed by atoms with E-state index in [4.69, 9.17) is 5.11 Å². The number of aliphatic hydroxyl groups is 1. The Morgan fingerprint density at radius 2 is 2.21 bits per heavy atom. The summed E-state index contributed by atoms with van der Waals surface area (Å²) in [6.07, 6.45) is 3.99. The Morgan fingerprint density at radius 3 is 2.79 bits per heavy atom. The summed E-state index contributed by atoms with van der Waals surface area (Å²) >= 11 is 0. The van der Waals surface area contributed by atoms with Crippen LogP contribution >= 0.6 is 0 Å². The van der Waals surface area contributed by atoms with Gasteiger partial charge in [-0.2, -0.15) is 0 Å². The summed E-state index contributed by atoms with van der Waals surface area (Å²) in [7, 11) is 1.99. The molecular weight excluding hydrogens is 242 g/mol. The normalized spacial score (nSPS) is 17.6. The highest BCUT2D eigenvalue weighted by Gasteiger charge is 2.20. The van der Waals surface area contributed by atoms with Gasteiger partial charge in [0.05, 0.1) is 13.2 Å². The van der Waals surface area contributed by atoms with E-state index in [-0.39, 0.29) is 12.5 Å². The maximum atomic E-state index is 11.6. The van der Waals surface area contributed by atoms with Gasteiger partial charge >= 0.3 is 0 Å². The lowest BCUT2D eigenvalue weighted by Gasteiger charge is -2.33. The zero-order valence-corrected chi connectivity index (χ0v) is 12.0. The number of nitrogens with one attached hydrogen (secondary N) is 1. The quantitative estimate of drug-likeness (QED) is 0.606. The van der Waals surface area contributed by atoms with Crippen LogP contribution in [-0.2, 0) is 4.79 Å². The van der Waals surface area contributed by atoms with Gasteiger partial charge in [0.15, 0.2) is 0 Å². The topological polar surface area (TPSA) is 55.8 Å². The Balaban J connectivity index is 2.17. The lowest BCUT2D eigenvalue weighted by atomic mass is 9.96. The zero-order chi connectivity index (χ0) is 14.1. The summed E-state index contributed by atoms with van der Waals surface area (Å²) in [5.74, 6) is 0.715. The molecule has 0 bridgehead atoms. The predicted octanol–water partition coefficient (Wildman–Crippen LogP) is -0.0753. The van der Waals surface area contributed by atoms with Crippen molar-refractivity contribution < 1.29 is 9.90 Å². The zero-order valence-electron chi connectivity index (χ0n) is 12.0. The molecule has 1 aliphatic heterocycles. The Labute approximate surface area is 116 Å². The predicted molar refractivity (Wildman–Crippen MR) is 77.0 cm³/mol. The smallest absolute Gasteiger partial charge is 0.234 e. The number of hydrogen-bond acceptors (Lipinski definition) is 4.